The van der Waals surface area contributed by atoms with Crippen molar-refractivity contribution in [3.8, 4) is 0 Å². The second kappa shape index (κ2) is 4.19. The predicted octanol–water partition coefficient (Wildman–Crippen LogP) is -0.910. The van der Waals surface area contributed by atoms with Gasteiger partial charge in [0.05, 0.1) is 5.52 Å². The quantitative estimate of drug-likeness (QED) is 0.572. The molecule has 0 atom stereocenters. The normalized spacial score (nSPS) is 9.57. The van der Waals surface area contributed by atoms with Crippen molar-refractivity contribution in [1.82, 2.24) is 4.98 Å². The van der Waals surface area contributed by atoms with E-state index in [-0.39, 0.29) is 5.48 Å². The van der Waals surface area contributed by atoms with E-state index in [1.807, 2.05) is 12.1 Å². The Balaban J connectivity index is 0.000000980. The molecule has 0 fully saturated rings. The third kappa shape index (κ3) is 1.74. The molecule has 2 rings (SSSR count). The highest BCUT2D eigenvalue weighted by atomic mass is 16.4. The van der Waals surface area contributed by atoms with Crippen molar-refractivity contribution in [2.75, 3.05) is 0 Å². The zero-order valence-electron chi connectivity index (χ0n) is 7.38. The summed E-state index contributed by atoms with van der Waals surface area (Å²) in [6, 6.07) is 8.85. The Morgan fingerprint density at radius 3 is 2.57 bits per heavy atom. The molecule has 0 unspecified atom stereocenters. The van der Waals surface area contributed by atoms with Gasteiger partial charge in [-0.25, -0.2) is 0 Å². The first-order valence-corrected chi connectivity index (χ1v) is 3.99. The van der Waals surface area contributed by atoms with Gasteiger partial charge in [0.2, 0.25) is 0 Å². The summed E-state index contributed by atoms with van der Waals surface area (Å²) in [6.45, 7) is 0. The molecule has 2 aromatic rings. The number of hydrogen-bond acceptors (Lipinski definition) is 3. The fourth-order valence-electron chi connectivity index (χ4n) is 1.35. The second-order valence-electron chi connectivity index (χ2n) is 2.79. The Morgan fingerprint density at radius 2 is 1.86 bits per heavy atom. The largest absolute Gasteiger partial charge is 0.489 e. The van der Waals surface area contributed by atoms with Crippen molar-refractivity contribution in [1.29, 1.82) is 0 Å². The number of rotatable bonds is 1. The molecule has 1 heterocycles. The van der Waals surface area contributed by atoms with E-state index >= 15 is 0 Å². The van der Waals surface area contributed by atoms with Crippen molar-refractivity contribution in [2.45, 2.75) is 0 Å². The lowest BCUT2D eigenvalue weighted by molar-refractivity contribution is 0.426. The van der Waals surface area contributed by atoms with Gasteiger partial charge in [0.1, 0.15) is 0 Å². The maximum atomic E-state index is 9.05. The van der Waals surface area contributed by atoms with Gasteiger partial charge in [-0.1, -0.05) is 18.2 Å². The van der Waals surface area contributed by atoms with Crippen LogP contribution in [0.3, 0.4) is 0 Å². The number of hydrogen-bond donors (Lipinski definition) is 2. The minimum absolute atomic E-state index is 0. The summed E-state index contributed by atoms with van der Waals surface area (Å²) in [5.41, 5.74) is 1.26. The van der Waals surface area contributed by atoms with Crippen molar-refractivity contribution < 1.29 is 15.5 Å². The number of pyridine rings is 1. The van der Waals surface area contributed by atoms with Crippen LogP contribution in [0.25, 0.3) is 10.9 Å². The van der Waals surface area contributed by atoms with Gasteiger partial charge in [-0.05, 0) is 23.0 Å². The van der Waals surface area contributed by atoms with Crippen LogP contribution in [0.2, 0.25) is 0 Å². The number of fused-ring (bicyclic) bond motifs is 1. The molecule has 0 aliphatic rings. The zero-order valence-corrected chi connectivity index (χ0v) is 7.38. The first-order chi connectivity index (χ1) is 6.29. The van der Waals surface area contributed by atoms with E-state index in [0.29, 0.717) is 5.46 Å². The van der Waals surface area contributed by atoms with Crippen molar-refractivity contribution >= 4 is 23.5 Å². The van der Waals surface area contributed by atoms with Crippen LogP contribution in [0.1, 0.15) is 0 Å². The molecule has 0 radical (unpaired) electrons. The van der Waals surface area contributed by atoms with Gasteiger partial charge in [0, 0.05) is 6.20 Å². The third-order valence-electron chi connectivity index (χ3n) is 1.96. The van der Waals surface area contributed by atoms with E-state index in [1.165, 1.54) is 0 Å². The topological polar surface area (TPSA) is 84.9 Å². The van der Waals surface area contributed by atoms with Gasteiger partial charge in [-0.2, -0.15) is 0 Å². The van der Waals surface area contributed by atoms with Gasteiger partial charge in [0.25, 0.3) is 0 Å². The summed E-state index contributed by atoms with van der Waals surface area (Å²) in [5.74, 6) is 0. The summed E-state index contributed by atoms with van der Waals surface area (Å²) in [6.07, 6.45) is 1.68. The molecule has 1 aromatic carbocycles. The number of benzene rings is 1. The highest BCUT2D eigenvalue weighted by Crippen LogP contribution is 2.07. The highest BCUT2D eigenvalue weighted by Gasteiger charge is 2.13. The Morgan fingerprint density at radius 1 is 1.07 bits per heavy atom. The van der Waals surface area contributed by atoms with Gasteiger partial charge in [0.15, 0.2) is 0 Å². The van der Waals surface area contributed by atoms with Crippen molar-refractivity contribution in [3.63, 3.8) is 0 Å². The zero-order chi connectivity index (χ0) is 9.26. The summed E-state index contributed by atoms with van der Waals surface area (Å²) in [5, 5.41) is 18.9. The number of nitrogens with zero attached hydrogens (tertiary/aromatic N) is 1. The monoisotopic (exact) mass is 191 g/mol. The lowest BCUT2D eigenvalue weighted by Gasteiger charge is -2.03. The maximum Gasteiger partial charge on any atom is 0.489 e. The van der Waals surface area contributed by atoms with Crippen molar-refractivity contribution in [2.24, 2.45) is 0 Å². The molecule has 5 heteroatoms. The van der Waals surface area contributed by atoms with Crippen LogP contribution >= 0.6 is 0 Å². The smallest absolute Gasteiger partial charge is 0.423 e. The minimum atomic E-state index is -1.44. The molecule has 1 aromatic heterocycles. The Bertz CT molecular complexity index is 428. The molecule has 0 aliphatic carbocycles. The second-order valence-corrected chi connectivity index (χ2v) is 2.79. The van der Waals surface area contributed by atoms with Crippen LogP contribution in [-0.4, -0.2) is 27.6 Å². The van der Waals surface area contributed by atoms with Gasteiger partial charge >= 0.3 is 7.12 Å². The molecule has 0 spiro atoms. The molecule has 0 saturated carbocycles. The van der Waals surface area contributed by atoms with Crippen LogP contribution in [0, 0.1) is 0 Å². The molecular formula is C9H10BNO3. The molecule has 0 amide bonds. The lowest BCUT2D eigenvalue weighted by atomic mass is 9.78. The third-order valence-corrected chi connectivity index (χ3v) is 1.96. The van der Waals surface area contributed by atoms with E-state index in [4.69, 9.17) is 10.0 Å². The molecule has 4 nitrogen and oxygen atoms in total. The minimum Gasteiger partial charge on any atom is -0.423 e. The Hall–Kier alpha value is -1.43. The molecule has 0 bridgehead atoms. The van der Waals surface area contributed by atoms with E-state index in [2.05, 4.69) is 4.98 Å². The molecule has 4 N–H and O–H groups in total. The van der Waals surface area contributed by atoms with Gasteiger partial charge < -0.3 is 15.5 Å². The van der Waals surface area contributed by atoms with Crippen LogP contribution in [0.15, 0.2) is 36.5 Å². The first kappa shape index (κ1) is 10.7. The molecule has 72 valence electrons. The Labute approximate surface area is 81.3 Å². The SMILES string of the molecule is O.OB(O)c1cccc2ncccc12. The van der Waals surface area contributed by atoms with Crippen LogP contribution in [0.4, 0.5) is 0 Å². The molecule has 0 aliphatic heterocycles. The summed E-state index contributed by atoms with van der Waals surface area (Å²) in [4.78, 5) is 4.10. The molecule has 0 saturated heterocycles. The average molecular weight is 191 g/mol. The predicted molar refractivity (Wildman–Crippen MR) is 55.2 cm³/mol. The summed E-state index contributed by atoms with van der Waals surface area (Å²) < 4.78 is 0. The summed E-state index contributed by atoms with van der Waals surface area (Å²) >= 11 is 0. The van der Waals surface area contributed by atoms with E-state index in [9.17, 15) is 0 Å². The van der Waals surface area contributed by atoms with Crippen LogP contribution < -0.4 is 5.46 Å². The van der Waals surface area contributed by atoms with Gasteiger partial charge in [-0.3, -0.25) is 4.98 Å². The highest BCUT2D eigenvalue weighted by molar-refractivity contribution is 6.61. The van der Waals surface area contributed by atoms with Gasteiger partial charge in [-0.15, -0.1) is 0 Å². The lowest BCUT2D eigenvalue weighted by Crippen LogP contribution is -2.30. The van der Waals surface area contributed by atoms with Crippen LogP contribution in [0.5, 0.6) is 0 Å². The van der Waals surface area contributed by atoms with E-state index in [1.54, 1.807) is 24.4 Å². The maximum absolute atomic E-state index is 9.05. The van der Waals surface area contributed by atoms with Crippen molar-refractivity contribution in [3.05, 3.63) is 36.5 Å². The molecular weight excluding hydrogens is 181 g/mol. The fourth-order valence-corrected chi connectivity index (χ4v) is 1.35. The Kier molecular flexibility index (Phi) is 3.19. The van der Waals surface area contributed by atoms with E-state index < -0.39 is 7.12 Å². The average Bonchev–Trinajstić information content (AvgIpc) is 2.17. The fraction of sp³-hybridized carbons (Fsp3) is 0. The van der Waals surface area contributed by atoms with Crippen LogP contribution in [-0.2, 0) is 0 Å². The van der Waals surface area contributed by atoms with E-state index in [0.717, 1.165) is 10.9 Å². The summed E-state index contributed by atoms with van der Waals surface area (Å²) in [7, 11) is -1.44. The standard InChI is InChI=1S/C9H8BNO2.H2O/c12-10(13)8-4-1-5-9-7(8)3-2-6-11-9;/h1-6,12-13H;1H2. The first-order valence-electron chi connectivity index (χ1n) is 3.99. The number of aromatic nitrogens is 1. The molecule has 14 heavy (non-hydrogen) atoms.